The van der Waals surface area contributed by atoms with Gasteiger partial charge < -0.3 is 19.5 Å². The Morgan fingerprint density at radius 1 is 1.45 bits per heavy atom. The van der Waals surface area contributed by atoms with E-state index in [0.29, 0.717) is 19.8 Å². The minimum Gasteiger partial charge on any atom is -0.493 e. The van der Waals surface area contributed by atoms with Crippen LogP contribution in [0.4, 0.5) is 0 Å². The molecule has 1 aliphatic rings. The Kier molecular flexibility index (Phi) is 5.38. The molecule has 0 aromatic heterocycles. The second-order valence-electron chi connectivity index (χ2n) is 4.84. The van der Waals surface area contributed by atoms with Crippen molar-refractivity contribution in [3.8, 4) is 5.75 Å². The molecule has 1 amide bonds. The van der Waals surface area contributed by atoms with Gasteiger partial charge in [0.25, 0.3) is 0 Å². The molecule has 2 rings (SSSR count). The van der Waals surface area contributed by atoms with E-state index < -0.39 is 0 Å². The molecule has 0 saturated carbocycles. The number of fused-ring (bicyclic) bond motifs is 1. The van der Waals surface area contributed by atoms with E-state index in [2.05, 4.69) is 11.4 Å². The second-order valence-corrected chi connectivity index (χ2v) is 4.84. The smallest absolute Gasteiger partial charge is 0.246 e. The highest BCUT2D eigenvalue weighted by Crippen LogP contribution is 2.32. The van der Waals surface area contributed by atoms with Gasteiger partial charge in [0.15, 0.2) is 0 Å². The van der Waals surface area contributed by atoms with E-state index in [1.165, 1.54) is 0 Å². The van der Waals surface area contributed by atoms with Crippen LogP contribution in [-0.2, 0) is 14.3 Å². The number of benzene rings is 1. The molecular formula is C15H21NO4. The van der Waals surface area contributed by atoms with E-state index >= 15 is 0 Å². The maximum atomic E-state index is 11.9. The summed E-state index contributed by atoms with van der Waals surface area (Å²) in [7, 11) is 1.60. The van der Waals surface area contributed by atoms with Crippen molar-refractivity contribution < 1.29 is 19.0 Å². The molecule has 110 valence electrons. The predicted molar refractivity (Wildman–Crippen MR) is 74.9 cm³/mol. The van der Waals surface area contributed by atoms with Gasteiger partial charge in [-0.2, -0.15) is 0 Å². The average Bonchev–Trinajstić information content (AvgIpc) is 2.44. The van der Waals surface area contributed by atoms with Gasteiger partial charge in [-0.15, -0.1) is 0 Å². The van der Waals surface area contributed by atoms with Crippen molar-refractivity contribution in [3.63, 3.8) is 0 Å². The highest BCUT2D eigenvalue weighted by molar-refractivity contribution is 5.77. The molecule has 5 heteroatoms. The fourth-order valence-corrected chi connectivity index (χ4v) is 2.21. The quantitative estimate of drug-likeness (QED) is 0.804. The van der Waals surface area contributed by atoms with Gasteiger partial charge >= 0.3 is 0 Å². The first-order valence-electron chi connectivity index (χ1n) is 6.80. The van der Waals surface area contributed by atoms with Crippen molar-refractivity contribution in [3.05, 3.63) is 29.3 Å². The molecule has 1 aliphatic heterocycles. The lowest BCUT2D eigenvalue weighted by Gasteiger charge is -2.27. The first-order chi connectivity index (χ1) is 9.70. The molecule has 0 spiro atoms. The van der Waals surface area contributed by atoms with Gasteiger partial charge in [0.05, 0.1) is 25.9 Å². The Labute approximate surface area is 119 Å². The average molecular weight is 279 g/mol. The predicted octanol–water partition coefficient (Wildman–Crippen LogP) is 1.60. The number of hydrogen-bond acceptors (Lipinski definition) is 4. The molecule has 1 atom stereocenters. The first-order valence-corrected chi connectivity index (χ1v) is 6.80. The van der Waals surface area contributed by atoms with E-state index in [9.17, 15) is 4.79 Å². The number of amides is 1. The number of carbonyl (C=O) groups excluding carboxylic acids is 1. The molecular weight excluding hydrogens is 258 g/mol. The van der Waals surface area contributed by atoms with Crippen LogP contribution in [0.15, 0.2) is 18.2 Å². The summed E-state index contributed by atoms with van der Waals surface area (Å²) in [6.07, 6.45) is 0.778. The Morgan fingerprint density at radius 3 is 3.10 bits per heavy atom. The molecule has 1 aromatic rings. The Balaban J connectivity index is 1.91. The molecule has 20 heavy (non-hydrogen) atoms. The molecule has 0 bridgehead atoms. The molecule has 1 N–H and O–H groups in total. The molecule has 1 heterocycles. The van der Waals surface area contributed by atoms with Crippen LogP contribution in [0, 0.1) is 6.92 Å². The zero-order valence-electron chi connectivity index (χ0n) is 12.0. The molecule has 1 aromatic carbocycles. The van der Waals surface area contributed by atoms with E-state index in [4.69, 9.17) is 14.2 Å². The highest BCUT2D eigenvalue weighted by atomic mass is 16.5. The molecule has 1 unspecified atom stereocenters. The number of rotatable bonds is 6. The topological polar surface area (TPSA) is 56.8 Å². The normalized spacial score (nSPS) is 17.2. The van der Waals surface area contributed by atoms with Crippen LogP contribution in [0.1, 0.15) is 23.6 Å². The van der Waals surface area contributed by atoms with Crippen LogP contribution < -0.4 is 10.1 Å². The molecule has 0 fully saturated rings. The van der Waals surface area contributed by atoms with Crippen LogP contribution >= 0.6 is 0 Å². The van der Waals surface area contributed by atoms with Gasteiger partial charge in [-0.05, 0) is 13.0 Å². The minimum atomic E-state index is -0.111. The van der Waals surface area contributed by atoms with E-state index in [0.717, 1.165) is 23.3 Å². The molecule has 0 saturated heterocycles. The lowest BCUT2D eigenvalue weighted by Crippen LogP contribution is -2.34. The number of hydrogen-bond donors (Lipinski definition) is 1. The van der Waals surface area contributed by atoms with Crippen LogP contribution in [0.25, 0.3) is 0 Å². The van der Waals surface area contributed by atoms with Gasteiger partial charge in [-0.1, -0.05) is 17.7 Å². The third-order valence-corrected chi connectivity index (χ3v) is 3.20. The fraction of sp³-hybridized carbons (Fsp3) is 0.533. The number of methoxy groups -OCH3 is 1. The van der Waals surface area contributed by atoms with E-state index in [1.54, 1.807) is 7.11 Å². The summed E-state index contributed by atoms with van der Waals surface area (Å²) in [5, 5.41) is 2.99. The van der Waals surface area contributed by atoms with Gasteiger partial charge in [-0.25, -0.2) is 0 Å². The maximum absolute atomic E-state index is 11.9. The summed E-state index contributed by atoms with van der Waals surface area (Å²) < 4.78 is 15.7. The third kappa shape index (κ3) is 3.95. The maximum Gasteiger partial charge on any atom is 0.246 e. The van der Waals surface area contributed by atoms with Crippen LogP contribution in [-0.4, -0.2) is 39.4 Å². The second kappa shape index (κ2) is 7.26. The van der Waals surface area contributed by atoms with Gasteiger partial charge in [0.2, 0.25) is 5.91 Å². The lowest BCUT2D eigenvalue weighted by molar-refractivity contribution is -0.127. The third-order valence-electron chi connectivity index (χ3n) is 3.20. The van der Waals surface area contributed by atoms with Crippen molar-refractivity contribution in [1.82, 2.24) is 5.32 Å². The largest absolute Gasteiger partial charge is 0.493 e. The zero-order valence-corrected chi connectivity index (χ0v) is 12.0. The van der Waals surface area contributed by atoms with Crippen molar-refractivity contribution in [2.24, 2.45) is 0 Å². The number of nitrogens with one attached hydrogen (secondary N) is 1. The number of aryl methyl sites for hydroxylation is 1. The molecule has 0 aliphatic carbocycles. The van der Waals surface area contributed by atoms with Crippen LogP contribution in [0.2, 0.25) is 0 Å². The highest BCUT2D eigenvalue weighted by Gasteiger charge is 2.22. The summed E-state index contributed by atoms with van der Waals surface area (Å²) in [4.78, 5) is 11.9. The molecule has 5 nitrogen and oxygen atoms in total. The number of ether oxygens (including phenoxy) is 3. The van der Waals surface area contributed by atoms with Crippen LogP contribution in [0.5, 0.6) is 5.75 Å². The SMILES string of the molecule is COCCOCC(=O)NC1CCOc2ccc(C)cc21. The number of carbonyl (C=O) groups is 1. The summed E-state index contributed by atoms with van der Waals surface area (Å²) in [5.41, 5.74) is 2.20. The van der Waals surface area contributed by atoms with Crippen molar-refractivity contribution >= 4 is 5.91 Å². The first kappa shape index (κ1) is 14.8. The Bertz CT molecular complexity index is 461. The standard InChI is InChI=1S/C15H21NO4/c1-11-3-4-14-12(9-11)13(5-6-20-14)16-15(17)10-19-8-7-18-2/h3-4,9,13H,5-8,10H2,1-2H3,(H,16,17). The van der Waals surface area contributed by atoms with Crippen LogP contribution in [0.3, 0.4) is 0 Å². The Hall–Kier alpha value is -1.59. The summed E-state index contributed by atoms with van der Waals surface area (Å²) in [6.45, 7) is 3.62. The summed E-state index contributed by atoms with van der Waals surface area (Å²) in [6, 6.07) is 6.03. The Morgan fingerprint density at radius 2 is 2.30 bits per heavy atom. The fourth-order valence-electron chi connectivity index (χ4n) is 2.21. The van der Waals surface area contributed by atoms with Crippen molar-refractivity contribution in [2.75, 3.05) is 33.5 Å². The van der Waals surface area contributed by atoms with E-state index in [1.807, 2.05) is 19.1 Å². The van der Waals surface area contributed by atoms with Crippen molar-refractivity contribution in [2.45, 2.75) is 19.4 Å². The lowest BCUT2D eigenvalue weighted by atomic mass is 9.98. The minimum absolute atomic E-state index is 0.00262. The summed E-state index contributed by atoms with van der Waals surface area (Å²) in [5.74, 6) is 0.743. The zero-order chi connectivity index (χ0) is 14.4. The van der Waals surface area contributed by atoms with Gasteiger partial charge in [-0.3, -0.25) is 4.79 Å². The van der Waals surface area contributed by atoms with Crippen molar-refractivity contribution in [1.29, 1.82) is 0 Å². The van der Waals surface area contributed by atoms with E-state index in [-0.39, 0.29) is 18.6 Å². The summed E-state index contributed by atoms with van der Waals surface area (Å²) >= 11 is 0. The van der Waals surface area contributed by atoms with Gasteiger partial charge in [0, 0.05) is 19.1 Å². The monoisotopic (exact) mass is 279 g/mol. The van der Waals surface area contributed by atoms with Gasteiger partial charge in [0.1, 0.15) is 12.4 Å². The molecule has 0 radical (unpaired) electrons.